The van der Waals surface area contributed by atoms with Crippen LogP contribution >= 0.6 is 15.9 Å². The van der Waals surface area contributed by atoms with Crippen LogP contribution in [0.2, 0.25) is 0 Å². The Balaban J connectivity index is 2.14. The molecule has 0 bridgehead atoms. The first-order valence-corrected chi connectivity index (χ1v) is 5.54. The van der Waals surface area contributed by atoms with Gasteiger partial charge in [0.1, 0.15) is 6.54 Å². The lowest BCUT2D eigenvalue weighted by molar-refractivity contribution is 0.351. The second-order valence-corrected chi connectivity index (χ2v) is 5.01. The lowest BCUT2D eigenvalue weighted by Gasteiger charge is -2.11. The summed E-state index contributed by atoms with van der Waals surface area (Å²) in [6.07, 6.45) is 3.53. The van der Waals surface area contributed by atoms with Gasteiger partial charge in [-0.05, 0) is 29.8 Å². The first-order chi connectivity index (χ1) is 7.45. The fourth-order valence-corrected chi connectivity index (χ4v) is 1.47. The largest absolute Gasteiger partial charge is 0.337 e. The van der Waals surface area contributed by atoms with Crippen LogP contribution in [0, 0.1) is 0 Å². The molecule has 0 unspecified atom stereocenters. The molecule has 0 saturated heterocycles. The minimum atomic E-state index is -0.591. The Morgan fingerprint density at radius 3 is 2.81 bits per heavy atom. The number of hydrogen-bond donors (Lipinski definition) is 1. The van der Waals surface area contributed by atoms with E-state index in [0.29, 0.717) is 18.3 Å². The molecule has 2 rings (SSSR count). The van der Waals surface area contributed by atoms with Gasteiger partial charge in [0.05, 0.1) is 16.2 Å². The monoisotopic (exact) mass is 285 g/mol. The third-order valence-corrected chi connectivity index (χ3v) is 2.35. The second kappa shape index (κ2) is 3.99. The van der Waals surface area contributed by atoms with E-state index in [9.17, 15) is 0 Å². The van der Waals surface area contributed by atoms with Gasteiger partial charge in [0.25, 0.3) is 0 Å². The Hall–Kier alpha value is -1.21. The molecule has 7 heteroatoms. The highest BCUT2D eigenvalue weighted by atomic mass is 79.9. The summed E-state index contributed by atoms with van der Waals surface area (Å²) in [5.74, 6) is 0.984. The predicted molar refractivity (Wildman–Crippen MR) is 60.5 cm³/mol. The summed E-state index contributed by atoms with van der Waals surface area (Å²) in [6, 6.07) is 0. The standard InChI is InChI=1S/C9H12BrN5O/c1-9(2,11)8-13-7(16-14-8)5-15-4-6(10)3-12-15/h3-4H,5,11H2,1-2H3. The van der Waals surface area contributed by atoms with Gasteiger partial charge in [-0.1, -0.05) is 5.16 Å². The average Bonchev–Trinajstić information content (AvgIpc) is 2.74. The molecule has 0 atom stereocenters. The van der Waals surface area contributed by atoms with Crippen LogP contribution in [0.3, 0.4) is 0 Å². The summed E-state index contributed by atoms with van der Waals surface area (Å²) in [5.41, 5.74) is 5.26. The number of nitrogens with zero attached hydrogens (tertiary/aromatic N) is 4. The predicted octanol–water partition coefficient (Wildman–Crippen LogP) is 1.27. The minimum Gasteiger partial charge on any atom is -0.337 e. The van der Waals surface area contributed by atoms with E-state index in [1.165, 1.54) is 0 Å². The maximum Gasteiger partial charge on any atom is 0.248 e. The second-order valence-electron chi connectivity index (χ2n) is 4.09. The van der Waals surface area contributed by atoms with Crippen LogP contribution in [0.1, 0.15) is 25.6 Å². The van der Waals surface area contributed by atoms with Gasteiger partial charge in [-0.15, -0.1) is 0 Å². The van der Waals surface area contributed by atoms with Gasteiger partial charge in [-0.3, -0.25) is 4.68 Å². The molecule has 2 N–H and O–H groups in total. The fraction of sp³-hybridized carbons (Fsp3) is 0.444. The first-order valence-electron chi connectivity index (χ1n) is 4.75. The molecule has 0 aliphatic carbocycles. The zero-order valence-corrected chi connectivity index (χ0v) is 10.6. The first kappa shape index (κ1) is 11.3. The Morgan fingerprint density at radius 1 is 1.56 bits per heavy atom. The van der Waals surface area contributed by atoms with Gasteiger partial charge in [0.2, 0.25) is 5.89 Å². The van der Waals surface area contributed by atoms with Crippen molar-refractivity contribution >= 4 is 15.9 Å². The van der Waals surface area contributed by atoms with Crippen molar-refractivity contribution < 1.29 is 4.52 Å². The maximum atomic E-state index is 5.85. The van der Waals surface area contributed by atoms with Crippen LogP contribution in [0.4, 0.5) is 0 Å². The molecule has 0 spiro atoms. The summed E-state index contributed by atoms with van der Waals surface area (Å²) >= 11 is 3.31. The molecule has 2 heterocycles. The van der Waals surface area contributed by atoms with Gasteiger partial charge in [-0.25, -0.2) is 0 Å². The lowest BCUT2D eigenvalue weighted by Crippen LogP contribution is -2.30. The summed E-state index contributed by atoms with van der Waals surface area (Å²) in [4.78, 5) is 4.21. The highest BCUT2D eigenvalue weighted by Gasteiger charge is 2.21. The van der Waals surface area contributed by atoms with E-state index in [4.69, 9.17) is 10.3 Å². The molecule has 86 valence electrons. The third-order valence-electron chi connectivity index (χ3n) is 1.94. The number of aromatic nitrogens is 4. The number of rotatable bonds is 3. The Kier molecular flexibility index (Phi) is 2.81. The lowest BCUT2D eigenvalue weighted by atomic mass is 10.1. The van der Waals surface area contributed by atoms with Crippen LogP contribution in [-0.2, 0) is 12.1 Å². The number of hydrogen-bond acceptors (Lipinski definition) is 5. The van der Waals surface area contributed by atoms with Crippen LogP contribution in [0.5, 0.6) is 0 Å². The zero-order valence-electron chi connectivity index (χ0n) is 9.01. The minimum absolute atomic E-state index is 0.439. The van der Waals surface area contributed by atoms with Crippen LogP contribution in [0.15, 0.2) is 21.4 Å². The molecule has 0 saturated carbocycles. The number of nitrogens with two attached hydrogens (primary N) is 1. The van der Waals surface area contributed by atoms with E-state index >= 15 is 0 Å². The van der Waals surface area contributed by atoms with Crippen molar-refractivity contribution in [3.63, 3.8) is 0 Å². The Labute approximate surface area is 101 Å². The average molecular weight is 286 g/mol. The molecule has 2 aromatic rings. The van der Waals surface area contributed by atoms with E-state index in [2.05, 4.69) is 31.2 Å². The maximum absolute atomic E-state index is 5.85. The van der Waals surface area contributed by atoms with Crippen molar-refractivity contribution in [1.29, 1.82) is 0 Å². The summed E-state index contributed by atoms with van der Waals surface area (Å²) in [6.45, 7) is 4.09. The molecule has 2 aromatic heterocycles. The van der Waals surface area contributed by atoms with E-state index in [0.717, 1.165) is 4.47 Å². The molecule has 0 radical (unpaired) electrons. The molecule has 0 aliphatic rings. The van der Waals surface area contributed by atoms with Gasteiger partial charge in [-0.2, -0.15) is 10.1 Å². The van der Waals surface area contributed by atoms with Crippen LogP contribution < -0.4 is 5.73 Å². The van der Waals surface area contributed by atoms with E-state index in [1.54, 1.807) is 10.9 Å². The summed E-state index contributed by atoms with van der Waals surface area (Å²) in [7, 11) is 0. The molecular formula is C9H12BrN5O. The van der Waals surface area contributed by atoms with Crippen molar-refractivity contribution in [2.75, 3.05) is 0 Å². The van der Waals surface area contributed by atoms with Crippen molar-refractivity contribution in [2.45, 2.75) is 25.9 Å². The highest BCUT2D eigenvalue weighted by Crippen LogP contribution is 2.13. The van der Waals surface area contributed by atoms with Crippen molar-refractivity contribution in [2.24, 2.45) is 5.73 Å². The van der Waals surface area contributed by atoms with E-state index in [-0.39, 0.29) is 0 Å². The fourth-order valence-electron chi connectivity index (χ4n) is 1.14. The molecule has 6 nitrogen and oxygen atoms in total. The summed E-state index contributed by atoms with van der Waals surface area (Å²) < 4.78 is 7.70. The van der Waals surface area contributed by atoms with Gasteiger partial charge in [0.15, 0.2) is 5.82 Å². The van der Waals surface area contributed by atoms with Gasteiger partial charge >= 0.3 is 0 Å². The highest BCUT2D eigenvalue weighted by molar-refractivity contribution is 9.10. The quantitative estimate of drug-likeness (QED) is 0.918. The Morgan fingerprint density at radius 2 is 2.31 bits per heavy atom. The third kappa shape index (κ3) is 2.48. The van der Waals surface area contributed by atoms with Crippen molar-refractivity contribution in [3.05, 3.63) is 28.6 Å². The number of halogens is 1. The topological polar surface area (TPSA) is 82.8 Å². The molecule has 0 amide bonds. The molecule has 0 fully saturated rings. The SMILES string of the molecule is CC(C)(N)c1noc(Cn2cc(Br)cn2)n1. The molecule has 16 heavy (non-hydrogen) atoms. The van der Waals surface area contributed by atoms with E-state index < -0.39 is 5.54 Å². The van der Waals surface area contributed by atoms with Crippen LogP contribution in [0.25, 0.3) is 0 Å². The van der Waals surface area contributed by atoms with Crippen molar-refractivity contribution in [3.8, 4) is 0 Å². The summed E-state index contributed by atoms with van der Waals surface area (Å²) in [5, 5.41) is 7.92. The Bertz CT molecular complexity index is 484. The molecule has 0 aromatic carbocycles. The molecular weight excluding hydrogens is 274 g/mol. The normalized spacial score (nSPS) is 12.0. The zero-order chi connectivity index (χ0) is 11.8. The van der Waals surface area contributed by atoms with Gasteiger partial charge < -0.3 is 10.3 Å². The molecule has 0 aliphatic heterocycles. The van der Waals surface area contributed by atoms with E-state index in [1.807, 2.05) is 20.0 Å². The van der Waals surface area contributed by atoms with Crippen LogP contribution in [-0.4, -0.2) is 19.9 Å². The van der Waals surface area contributed by atoms with Crippen molar-refractivity contribution in [1.82, 2.24) is 19.9 Å². The smallest absolute Gasteiger partial charge is 0.248 e. The van der Waals surface area contributed by atoms with Gasteiger partial charge in [0, 0.05) is 6.20 Å².